The Morgan fingerprint density at radius 2 is 2.25 bits per heavy atom. The molecular formula is C17H25N5O2. The number of aromatic nitrogens is 4. The molecule has 0 spiro atoms. The molecule has 2 aromatic heterocycles. The summed E-state index contributed by atoms with van der Waals surface area (Å²) in [5.74, 6) is 1.49. The molecule has 0 aromatic carbocycles. The molecule has 7 nitrogen and oxygen atoms in total. The van der Waals surface area contributed by atoms with Crippen LogP contribution in [0.3, 0.4) is 0 Å². The molecule has 0 amide bonds. The number of aliphatic hydroxyl groups excluding tert-OH is 1. The van der Waals surface area contributed by atoms with Gasteiger partial charge >= 0.3 is 0 Å². The van der Waals surface area contributed by atoms with Crippen LogP contribution in [-0.4, -0.2) is 49.6 Å². The lowest BCUT2D eigenvalue weighted by Gasteiger charge is -2.27. The van der Waals surface area contributed by atoms with Gasteiger partial charge in [-0.1, -0.05) is 0 Å². The van der Waals surface area contributed by atoms with E-state index in [2.05, 4.69) is 30.3 Å². The summed E-state index contributed by atoms with van der Waals surface area (Å²) in [4.78, 5) is 6.87. The fourth-order valence-electron chi connectivity index (χ4n) is 3.36. The molecule has 4 rings (SSSR count). The summed E-state index contributed by atoms with van der Waals surface area (Å²) in [7, 11) is 1.72. The van der Waals surface area contributed by atoms with Crippen molar-refractivity contribution in [3.63, 3.8) is 0 Å². The van der Waals surface area contributed by atoms with Gasteiger partial charge in [-0.15, -0.1) is 0 Å². The third kappa shape index (κ3) is 3.24. The highest BCUT2D eigenvalue weighted by Gasteiger charge is 2.33. The second-order valence-electron chi connectivity index (χ2n) is 6.81. The lowest BCUT2D eigenvalue weighted by molar-refractivity contribution is 0.147. The molecule has 7 heteroatoms. The predicted octanol–water partition coefficient (Wildman–Crippen LogP) is 1.19. The van der Waals surface area contributed by atoms with Crippen LogP contribution in [0.5, 0.6) is 0 Å². The number of hydrogen-bond donors (Lipinski definition) is 1. The second-order valence-corrected chi connectivity index (χ2v) is 6.81. The Kier molecular flexibility index (Phi) is 4.39. The Hall–Kier alpha value is -1.70. The first kappa shape index (κ1) is 15.8. The summed E-state index contributed by atoms with van der Waals surface area (Å²) in [6.07, 6.45) is 5.72. The first-order valence-corrected chi connectivity index (χ1v) is 8.70. The Bertz CT molecular complexity index is 691. The van der Waals surface area contributed by atoms with E-state index in [0.29, 0.717) is 12.5 Å². The highest BCUT2D eigenvalue weighted by Crippen LogP contribution is 2.40. The standard InChI is InChI=1S/C17H25N5O2/c1-24-9-8-21-5-4-18-16(21)12-20-6-7-22-14(11-20)10-15(19-22)17(23)13-2-3-13/h4-5,10,13,17,23H,2-3,6-9,11-12H2,1H3. The number of fused-ring (bicyclic) bond motifs is 1. The second kappa shape index (κ2) is 6.66. The van der Waals surface area contributed by atoms with Gasteiger partial charge in [0.25, 0.3) is 0 Å². The lowest BCUT2D eigenvalue weighted by atomic mass is 10.1. The van der Waals surface area contributed by atoms with Gasteiger partial charge in [0.2, 0.25) is 0 Å². The van der Waals surface area contributed by atoms with Crippen LogP contribution in [0, 0.1) is 5.92 Å². The van der Waals surface area contributed by atoms with E-state index in [1.54, 1.807) is 7.11 Å². The zero-order valence-electron chi connectivity index (χ0n) is 14.1. The quantitative estimate of drug-likeness (QED) is 0.825. The van der Waals surface area contributed by atoms with Gasteiger partial charge in [-0.2, -0.15) is 5.10 Å². The summed E-state index contributed by atoms with van der Waals surface area (Å²) < 4.78 is 9.36. The zero-order valence-corrected chi connectivity index (χ0v) is 14.1. The highest BCUT2D eigenvalue weighted by atomic mass is 16.5. The maximum Gasteiger partial charge on any atom is 0.122 e. The third-order valence-electron chi connectivity index (χ3n) is 4.97. The van der Waals surface area contributed by atoms with E-state index in [1.165, 1.54) is 5.69 Å². The molecule has 1 aliphatic carbocycles. The molecule has 1 aliphatic heterocycles. The van der Waals surface area contributed by atoms with E-state index in [4.69, 9.17) is 4.74 Å². The predicted molar refractivity (Wildman–Crippen MR) is 88.1 cm³/mol. The molecule has 0 bridgehead atoms. The van der Waals surface area contributed by atoms with Crippen LogP contribution in [0.1, 0.15) is 36.2 Å². The number of imidazole rings is 1. The minimum Gasteiger partial charge on any atom is -0.386 e. The number of ether oxygens (including phenoxy) is 1. The maximum atomic E-state index is 10.3. The SMILES string of the molecule is COCCn1ccnc1CN1CCn2nc(C(O)C3CC3)cc2C1. The molecule has 0 saturated heterocycles. The van der Waals surface area contributed by atoms with E-state index < -0.39 is 0 Å². The molecule has 3 heterocycles. The molecule has 1 N–H and O–H groups in total. The van der Waals surface area contributed by atoms with Gasteiger partial charge in [-0.25, -0.2) is 4.98 Å². The molecular weight excluding hydrogens is 306 g/mol. The zero-order chi connectivity index (χ0) is 16.5. The first-order valence-electron chi connectivity index (χ1n) is 8.70. The van der Waals surface area contributed by atoms with Crippen molar-refractivity contribution in [3.05, 3.63) is 35.7 Å². The normalized spacial score (nSPS) is 19.4. The molecule has 24 heavy (non-hydrogen) atoms. The van der Waals surface area contributed by atoms with Crippen LogP contribution in [0.15, 0.2) is 18.5 Å². The van der Waals surface area contributed by atoms with Crippen molar-refractivity contribution in [1.82, 2.24) is 24.2 Å². The monoisotopic (exact) mass is 331 g/mol. The molecule has 1 fully saturated rings. The van der Waals surface area contributed by atoms with Crippen LogP contribution < -0.4 is 0 Å². The van der Waals surface area contributed by atoms with Crippen molar-refractivity contribution >= 4 is 0 Å². The fraction of sp³-hybridized carbons (Fsp3) is 0.647. The first-order chi connectivity index (χ1) is 11.7. The maximum absolute atomic E-state index is 10.3. The van der Waals surface area contributed by atoms with Gasteiger partial charge in [-0.05, 0) is 24.8 Å². The summed E-state index contributed by atoms with van der Waals surface area (Å²) in [5.41, 5.74) is 2.03. The van der Waals surface area contributed by atoms with Crippen molar-refractivity contribution in [1.29, 1.82) is 0 Å². The van der Waals surface area contributed by atoms with Crippen LogP contribution in [0.2, 0.25) is 0 Å². The van der Waals surface area contributed by atoms with Crippen molar-refractivity contribution in [2.75, 3.05) is 20.3 Å². The molecule has 0 radical (unpaired) electrons. The minimum atomic E-state index is -0.385. The number of rotatable bonds is 7. The lowest BCUT2D eigenvalue weighted by Crippen LogP contribution is -2.34. The van der Waals surface area contributed by atoms with Crippen molar-refractivity contribution in [2.24, 2.45) is 5.92 Å². The molecule has 130 valence electrons. The van der Waals surface area contributed by atoms with E-state index in [-0.39, 0.29) is 6.10 Å². The molecule has 1 atom stereocenters. The summed E-state index contributed by atoms with van der Waals surface area (Å²) in [6, 6.07) is 2.08. The Balaban J connectivity index is 1.42. The number of hydrogen-bond acceptors (Lipinski definition) is 5. The van der Waals surface area contributed by atoms with E-state index in [1.807, 2.05) is 12.4 Å². The third-order valence-corrected chi connectivity index (χ3v) is 4.97. The average Bonchev–Trinajstić information content (AvgIpc) is 3.21. The summed E-state index contributed by atoms with van der Waals surface area (Å²) >= 11 is 0. The molecule has 1 unspecified atom stereocenters. The fourth-order valence-corrected chi connectivity index (χ4v) is 3.36. The van der Waals surface area contributed by atoms with Gasteiger partial charge in [0.15, 0.2) is 0 Å². The topological polar surface area (TPSA) is 68.3 Å². The van der Waals surface area contributed by atoms with Gasteiger partial charge in [0.1, 0.15) is 11.9 Å². The average molecular weight is 331 g/mol. The van der Waals surface area contributed by atoms with Crippen molar-refractivity contribution in [2.45, 2.75) is 45.1 Å². The van der Waals surface area contributed by atoms with Gasteiger partial charge in [0.05, 0.1) is 31.1 Å². The summed E-state index contributed by atoms with van der Waals surface area (Å²) in [6.45, 7) is 5.01. The van der Waals surface area contributed by atoms with Gasteiger partial charge in [-0.3, -0.25) is 9.58 Å². The number of nitrogens with zero attached hydrogens (tertiary/aromatic N) is 5. The van der Waals surface area contributed by atoms with Crippen molar-refractivity contribution in [3.8, 4) is 0 Å². The van der Waals surface area contributed by atoms with Crippen LogP contribution in [0.25, 0.3) is 0 Å². The van der Waals surface area contributed by atoms with Crippen LogP contribution in [0.4, 0.5) is 0 Å². The van der Waals surface area contributed by atoms with Crippen LogP contribution >= 0.6 is 0 Å². The van der Waals surface area contributed by atoms with Crippen molar-refractivity contribution < 1.29 is 9.84 Å². The smallest absolute Gasteiger partial charge is 0.122 e. The van der Waals surface area contributed by atoms with E-state index in [9.17, 15) is 5.11 Å². The number of aliphatic hydroxyl groups is 1. The van der Waals surface area contributed by atoms with E-state index >= 15 is 0 Å². The Morgan fingerprint density at radius 3 is 3.04 bits per heavy atom. The molecule has 1 saturated carbocycles. The summed E-state index contributed by atoms with van der Waals surface area (Å²) in [5, 5.41) is 14.9. The Labute approximate surface area is 141 Å². The minimum absolute atomic E-state index is 0.385. The molecule has 2 aromatic rings. The highest BCUT2D eigenvalue weighted by molar-refractivity contribution is 5.16. The molecule has 2 aliphatic rings. The van der Waals surface area contributed by atoms with Gasteiger partial charge < -0.3 is 14.4 Å². The number of methoxy groups -OCH3 is 1. The van der Waals surface area contributed by atoms with E-state index in [0.717, 1.165) is 57.1 Å². The van der Waals surface area contributed by atoms with Crippen LogP contribution in [-0.2, 0) is 30.9 Å². The largest absolute Gasteiger partial charge is 0.386 e. The Morgan fingerprint density at radius 1 is 1.38 bits per heavy atom. The van der Waals surface area contributed by atoms with Gasteiger partial charge in [0, 0.05) is 39.1 Å².